The summed E-state index contributed by atoms with van der Waals surface area (Å²) in [7, 11) is 0. The number of nitrogens with two attached hydrogens (primary N) is 1. The number of fused-ring (bicyclic) bond motifs is 1. The van der Waals surface area contributed by atoms with Crippen molar-refractivity contribution < 1.29 is 0 Å². The summed E-state index contributed by atoms with van der Waals surface area (Å²) >= 11 is 6.16. The Balaban J connectivity index is 2.10. The molecule has 5 heteroatoms. The summed E-state index contributed by atoms with van der Waals surface area (Å²) in [5.41, 5.74) is 8.70. The van der Waals surface area contributed by atoms with Crippen LogP contribution in [-0.4, -0.2) is 14.5 Å². The molecular weight excluding hydrogens is 248 g/mol. The number of rotatable bonds is 2. The molecule has 1 aromatic carbocycles. The highest BCUT2D eigenvalue weighted by Gasteiger charge is 2.09. The Morgan fingerprint density at radius 1 is 1.22 bits per heavy atom. The van der Waals surface area contributed by atoms with Crippen molar-refractivity contribution in [1.29, 1.82) is 0 Å². The minimum Gasteiger partial charge on any atom is -0.369 e. The molecule has 0 fully saturated rings. The molecule has 0 unspecified atom stereocenters. The topological polar surface area (TPSA) is 56.7 Å². The van der Waals surface area contributed by atoms with E-state index in [1.54, 1.807) is 12.4 Å². The fourth-order valence-electron chi connectivity index (χ4n) is 1.96. The molecule has 2 heterocycles. The molecule has 0 saturated heterocycles. The Hall–Kier alpha value is -2.07. The second kappa shape index (κ2) is 4.31. The molecule has 18 heavy (non-hydrogen) atoms. The van der Waals surface area contributed by atoms with Crippen LogP contribution in [0, 0.1) is 0 Å². The van der Waals surface area contributed by atoms with Crippen molar-refractivity contribution in [3.8, 4) is 0 Å². The molecule has 0 aliphatic carbocycles. The van der Waals surface area contributed by atoms with Crippen molar-refractivity contribution in [2.75, 3.05) is 5.73 Å². The number of halogens is 1. The summed E-state index contributed by atoms with van der Waals surface area (Å²) in [4.78, 5) is 8.31. The summed E-state index contributed by atoms with van der Waals surface area (Å²) in [6, 6.07) is 9.61. The first kappa shape index (κ1) is 11.0. The van der Waals surface area contributed by atoms with Gasteiger partial charge in [0.15, 0.2) is 0 Å². The van der Waals surface area contributed by atoms with Crippen LogP contribution in [-0.2, 0) is 6.54 Å². The van der Waals surface area contributed by atoms with Gasteiger partial charge in [0.1, 0.15) is 5.52 Å². The number of nitrogens with zero attached hydrogens (tertiary/aromatic N) is 3. The first-order chi connectivity index (χ1) is 8.75. The fourth-order valence-corrected chi connectivity index (χ4v) is 2.16. The normalized spacial score (nSPS) is 10.9. The minimum atomic E-state index is 0.470. The van der Waals surface area contributed by atoms with Gasteiger partial charge >= 0.3 is 0 Å². The lowest BCUT2D eigenvalue weighted by atomic mass is 10.2. The first-order valence-electron chi connectivity index (χ1n) is 5.55. The lowest BCUT2D eigenvalue weighted by Crippen LogP contribution is -2.04. The van der Waals surface area contributed by atoms with Crippen LogP contribution >= 0.6 is 11.6 Å². The van der Waals surface area contributed by atoms with Gasteiger partial charge < -0.3 is 10.3 Å². The Morgan fingerprint density at radius 3 is 2.89 bits per heavy atom. The molecule has 90 valence electrons. The largest absolute Gasteiger partial charge is 0.369 e. The SMILES string of the molecule is Nc1nc2cnccc2n1Cc1ccccc1Cl. The molecule has 4 nitrogen and oxygen atoms in total. The maximum atomic E-state index is 6.16. The Bertz CT molecular complexity index is 705. The maximum absolute atomic E-state index is 6.16. The van der Waals surface area contributed by atoms with E-state index in [0.717, 1.165) is 21.6 Å². The van der Waals surface area contributed by atoms with Gasteiger partial charge in [-0.05, 0) is 17.7 Å². The average Bonchev–Trinajstić information content (AvgIpc) is 2.69. The van der Waals surface area contributed by atoms with Crippen molar-refractivity contribution in [1.82, 2.24) is 14.5 Å². The molecular formula is C13H11ClN4. The van der Waals surface area contributed by atoms with Gasteiger partial charge in [-0.1, -0.05) is 29.8 Å². The maximum Gasteiger partial charge on any atom is 0.201 e. The van der Waals surface area contributed by atoms with Crippen LogP contribution in [0.4, 0.5) is 5.95 Å². The van der Waals surface area contributed by atoms with E-state index in [1.807, 2.05) is 34.9 Å². The molecule has 3 rings (SSSR count). The second-order valence-electron chi connectivity index (χ2n) is 4.01. The van der Waals surface area contributed by atoms with Gasteiger partial charge in [-0.2, -0.15) is 0 Å². The van der Waals surface area contributed by atoms with Crippen LogP contribution in [0.25, 0.3) is 11.0 Å². The Labute approximate surface area is 109 Å². The number of pyridine rings is 1. The van der Waals surface area contributed by atoms with Crippen molar-refractivity contribution in [2.45, 2.75) is 6.54 Å². The fraction of sp³-hybridized carbons (Fsp3) is 0.0769. The van der Waals surface area contributed by atoms with Crippen LogP contribution in [0.3, 0.4) is 0 Å². The van der Waals surface area contributed by atoms with Gasteiger partial charge in [0, 0.05) is 11.2 Å². The third-order valence-corrected chi connectivity index (χ3v) is 3.24. The molecule has 3 aromatic rings. The van der Waals surface area contributed by atoms with Gasteiger partial charge in [-0.15, -0.1) is 0 Å². The van der Waals surface area contributed by atoms with Crippen molar-refractivity contribution in [3.05, 3.63) is 53.3 Å². The third-order valence-electron chi connectivity index (χ3n) is 2.87. The third kappa shape index (κ3) is 1.80. The molecule has 0 spiro atoms. The smallest absolute Gasteiger partial charge is 0.201 e. The number of anilines is 1. The Kier molecular flexibility index (Phi) is 2.64. The van der Waals surface area contributed by atoms with Gasteiger partial charge in [-0.25, -0.2) is 4.98 Å². The van der Waals surface area contributed by atoms with E-state index < -0.39 is 0 Å². The zero-order valence-electron chi connectivity index (χ0n) is 9.55. The highest BCUT2D eigenvalue weighted by molar-refractivity contribution is 6.31. The highest BCUT2D eigenvalue weighted by Crippen LogP contribution is 2.21. The standard InChI is InChI=1S/C13H11ClN4/c14-10-4-2-1-3-9(10)8-18-12-5-6-16-7-11(12)17-13(18)15/h1-7H,8H2,(H2,15,17). The number of imidazole rings is 1. The summed E-state index contributed by atoms with van der Waals surface area (Å²) < 4.78 is 1.93. The van der Waals surface area contributed by atoms with Crippen molar-refractivity contribution >= 4 is 28.6 Å². The monoisotopic (exact) mass is 258 g/mol. The molecule has 0 bridgehead atoms. The van der Waals surface area contributed by atoms with Crippen LogP contribution in [0.1, 0.15) is 5.56 Å². The van der Waals surface area contributed by atoms with E-state index in [2.05, 4.69) is 9.97 Å². The average molecular weight is 259 g/mol. The summed E-state index contributed by atoms with van der Waals surface area (Å²) in [5.74, 6) is 0.470. The molecule has 2 N–H and O–H groups in total. The second-order valence-corrected chi connectivity index (χ2v) is 4.42. The highest BCUT2D eigenvalue weighted by atomic mass is 35.5. The summed E-state index contributed by atoms with van der Waals surface area (Å²) in [5, 5.41) is 0.729. The van der Waals surface area contributed by atoms with Crippen LogP contribution < -0.4 is 5.73 Å². The predicted octanol–water partition coefficient (Wildman–Crippen LogP) is 2.72. The minimum absolute atomic E-state index is 0.470. The van der Waals surface area contributed by atoms with Gasteiger partial charge in [0.25, 0.3) is 0 Å². The van der Waals surface area contributed by atoms with E-state index in [4.69, 9.17) is 17.3 Å². The molecule has 0 saturated carbocycles. The van der Waals surface area contributed by atoms with Gasteiger partial charge in [0.2, 0.25) is 5.95 Å². The molecule has 0 radical (unpaired) electrons. The number of hydrogen-bond donors (Lipinski definition) is 1. The molecule has 0 atom stereocenters. The van der Waals surface area contributed by atoms with Crippen LogP contribution in [0.5, 0.6) is 0 Å². The quantitative estimate of drug-likeness (QED) is 0.769. The number of hydrogen-bond acceptors (Lipinski definition) is 3. The molecule has 2 aromatic heterocycles. The van der Waals surface area contributed by atoms with Crippen LogP contribution in [0.15, 0.2) is 42.7 Å². The molecule has 0 aliphatic rings. The van der Waals surface area contributed by atoms with Gasteiger partial charge in [-0.3, -0.25) is 4.98 Å². The zero-order chi connectivity index (χ0) is 12.5. The Morgan fingerprint density at radius 2 is 2.06 bits per heavy atom. The van der Waals surface area contributed by atoms with Crippen molar-refractivity contribution in [3.63, 3.8) is 0 Å². The van der Waals surface area contributed by atoms with E-state index in [1.165, 1.54) is 0 Å². The summed E-state index contributed by atoms with van der Waals surface area (Å²) in [6.45, 7) is 0.603. The predicted molar refractivity (Wildman–Crippen MR) is 72.5 cm³/mol. The zero-order valence-corrected chi connectivity index (χ0v) is 10.3. The molecule has 0 amide bonds. The van der Waals surface area contributed by atoms with E-state index >= 15 is 0 Å². The van der Waals surface area contributed by atoms with Crippen LogP contribution in [0.2, 0.25) is 5.02 Å². The molecule has 0 aliphatic heterocycles. The van der Waals surface area contributed by atoms with E-state index in [9.17, 15) is 0 Å². The number of nitrogen functional groups attached to an aromatic ring is 1. The summed E-state index contributed by atoms with van der Waals surface area (Å²) in [6.07, 6.45) is 3.43. The van der Waals surface area contributed by atoms with Gasteiger partial charge in [0.05, 0.1) is 18.3 Å². The van der Waals surface area contributed by atoms with Crippen molar-refractivity contribution in [2.24, 2.45) is 0 Å². The number of benzene rings is 1. The lowest BCUT2D eigenvalue weighted by Gasteiger charge is -2.08. The van der Waals surface area contributed by atoms with E-state index in [-0.39, 0.29) is 0 Å². The lowest BCUT2D eigenvalue weighted by molar-refractivity contribution is 0.838. The van der Waals surface area contributed by atoms with E-state index in [0.29, 0.717) is 12.5 Å². The first-order valence-corrected chi connectivity index (χ1v) is 5.92. The number of aromatic nitrogens is 3.